The predicted octanol–water partition coefficient (Wildman–Crippen LogP) is 3.48. The van der Waals surface area contributed by atoms with E-state index in [1.54, 1.807) is 13.2 Å². The molecule has 1 aromatic carbocycles. The van der Waals surface area contributed by atoms with E-state index in [9.17, 15) is 15.5 Å². The first-order valence-electron chi connectivity index (χ1n) is 12.0. The molecule has 0 amide bonds. The van der Waals surface area contributed by atoms with Gasteiger partial charge in [0.1, 0.15) is 11.7 Å². The molecule has 32 heavy (non-hydrogen) atoms. The van der Waals surface area contributed by atoms with Crippen LogP contribution >= 0.6 is 0 Å². The molecule has 1 aromatic rings. The third kappa shape index (κ3) is 1.89. The van der Waals surface area contributed by atoms with Crippen molar-refractivity contribution in [3.63, 3.8) is 0 Å². The summed E-state index contributed by atoms with van der Waals surface area (Å²) in [7, 11) is 1.76. The highest BCUT2D eigenvalue weighted by Crippen LogP contribution is 2.77. The van der Waals surface area contributed by atoms with Gasteiger partial charge in [-0.2, -0.15) is 5.26 Å². The zero-order chi connectivity index (χ0) is 22.9. The smallest absolute Gasteiger partial charge is 0.179 e. The summed E-state index contributed by atoms with van der Waals surface area (Å²) >= 11 is 0. The van der Waals surface area contributed by atoms with Crippen LogP contribution in [0.4, 0.5) is 0 Å². The maximum Gasteiger partial charge on any atom is 0.179 e. The molecule has 6 nitrogen and oxygen atoms in total. The molecule has 172 valence electrons. The summed E-state index contributed by atoms with van der Waals surface area (Å²) in [6, 6.07) is 3.83. The van der Waals surface area contributed by atoms with Crippen LogP contribution in [0.5, 0.6) is 11.5 Å². The third-order valence-corrected chi connectivity index (χ3v) is 10.7. The molecule has 7 unspecified atom stereocenters. The molecular weight excluding hydrogens is 404 g/mol. The summed E-state index contributed by atoms with van der Waals surface area (Å²) < 4.78 is 13.2. The molecule has 2 heterocycles. The molecule has 2 N–H and O–H groups in total. The molecule has 1 saturated heterocycles. The number of hydrogen-bond acceptors (Lipinski definition) is 6. The van der Waals surface area contributed by atoms with E-state index in [4.69, 9.17) is 9.47 Å². The van der Waals surface area contributed by atoms with Crippen molar-refractivity contribution < 1.29 is 19.7 Å². The molecule has 0 aromatic heterocycles. The molecule has 4 fully saturated rings. The highest BCUT2D eigenvalue weighted by atomic mass is 16.6. The van der Waals surface area contributed by atoms with Gasteiger partial charge in [-0.15, -0.1) is 0 Å². The Bertz CT molecular complexity index is 1060. The first-order chi connectivity index (χ1) is 15.0. The molecule has 6 aliphatic rings. The van der Waals surface area contributed by atoms with Crippen molar-refractivity contribution in [2.75, 3.05) is 13.7 Å². The van der Waals surface area contributed by atoms with Crippen LogP contribution in [0.3, 0.4) is 0 Å². The molecule has 4 bridgehead atoms. The van der Waals surface area contributed by atoms with E-state index < -0.39 is 11.2 Å². The Morgan fingerprint density at radius 3 is 2.62 bits per heavy atom. The van der Waals surface area contributed by atoms with Crippen molar-refractivity contribution >= 4 is 0 Å². The minimum atomic E-state index is -0.996. The number of hydrogen-bond donors (Lipinski definition) is 2. The van der Waals surface area contributed by atoms with Gasteiger partial charge in [-0.1, -0.05) is 26.8 Å². The van der Waals surface area contributed by atoms with Crippen LogP contribution in [0, 0.1) is 28.2 Å². The van der Waals surface area contributed by atoms with Crippen molar-refractivity contribution in [1.82, 2.24) is 4.90 Å². The Hall–Kier alpha value is -1.97. The van der Waals surface area contributed by atoms with Gasteiger partial charge in [0.15, 0.2) is 17.7 Å². The standard InChI is InChI=1S/C26H34N2O4/c1-22(2,3)23(4,30)17-13-24-8-9-26(17,31-5)21-25(24)10-11-28(14-27)18(24)12-15-6-7-16(29)20(32-21)19(15)25/h6-7,17-18,21,29-30H,8-13H2,1-5H3. The maximum atomic E-state index is 12.0. The van der Waals surface area contributed by atoms with Crippen LogP contribution in [-0.2, 0) is 16.6 Å². The third-order valence-electron chi connectivity index (χ3n) is 10.7. The van der Waals surface area contributed by atoms with E-state index in [1.807, 2.05) is 17.9 Å². The number of aromatic hydroxyl groups is 1. The van der Waals surface area contributed by atoms with Gasteiger partial charge in [0, 0.05) is 42.0 Å². The predicted molar refractivity (Wildman–Crippen MR) is 118 cm³/mol. The second kappa shape index (κ2) is 5.74. The minimum Gasteiger partial charge on any atom is -0.504 e. The van der Waals surface area contributed by atoms with Crippen LogP contribution in [0.25, 0.3) is 0 Å². The molecule has 6 heteroatoms. The van der Waals surface area contributed by atoms with Gasteiger partial charge >= 0.3 is 0 Å². The summed E-state index contributed by atoms with van der Waals surface area (Å²) in [5, 5.41) is 32.9. The fraction of sp³-hybridized carbons (Fsp3) is 0.731. The van der Waals surface area contributed by atoms with Crippen molar-refractivity contribution in [2.24, 2.45) is 16.7 Å². The molecule has 3 saturated carbocycles. The highest BCUT2D eigenvalue weighted by molar-refractivity contribution is 5.63. The van der Waals surface area contributed by atoms with Gasteiger partial charge in [-0.05, 0) is 56.1 Å². The Morgan fingerprint density at radius 2 is 1.97 bits per heavy atom. The van der Waals surface area contributed by atoms with Crippen LogP contribution in [0.15, 0.2) is 12.1 Å². The van der Waals surface area contributed by atoms with E-state index in [2.05, 4.69) is 27.0 Å². The average molecular weight is 439 g/mol. The number of fused-ring (bicyclic) bond motifs is 2. The number of benzene rings is 1. The first-order valence-corrected chi connectivity index (χ1v) is 12.0. The van der Waals surface area contributed by atoms with Gasteiger partial charge in [0.25, 0.3) is 0 Å². The molecule has 7 atom stereocenters. The van der Waals surface area contributed by atoms with Gasteiger partial charge in [-0.25, -0.2) is 0 Å². The SMILES string of the molecule is COC12CCC3(CC1C(C)(O)C(C)(C)C)C1Cc4ccc(O)c5c4C3(CCN1C#N)C2O5. The van der Waals surface area contributed by atoms with Gasteiger partial charge in [-0.3, -0.25) is 0 Å². The highest BCUT2D eigenvalue weighted by Gasteiger charge is 2.82. The molecule has 7 rings (SSSR count). The Labute approximate surface area is 190 Å². The molecular formula is C26H34N2O4. The molecule has 2 spiro atoms. The summed E-state index contributed by atoms with van der Waals surface area (Å²) in [6.45, 7) is 8.90. The van der Waals surface area contributed by atoms with Crippen molar-refractivity contribution in [3.05, 3.63) is 23.3 Å². The number of phenols is 1. The normalized spacial score (nSPS) is 42.7. The fourth-order valence-corrected chi connectivity index (χ4v) is 8.76. The average Bonchev–Trinajstić information content (AvgIpc) is 3.11. The number of phenolic OH excluding ortho intramolecular Hbond substituents is 1. The topological polar surface area (TPSA) is 86.0 Å². The maximum absolute atomic E-state index is 12.0. The molecule has 4 aliphatic carbocycles. The Balaban J connectivity index is 1.66. The lowest BCUT2D eigenvalue weighted by Gasteiger charge is -2.75. The van der Waals surface area contributed by atoms with Gasteiger partial charge in [0.2, 0.25) is 0 Å². The van der Waals surface area contributed by atoms with Crippen LogP contribution < -0.4 is 4.74 Å². The summed E-state index contributed by atoms with van der Waals surface area (Å²) in [5.41, 5.74) is -0.159. The molecule has 0 radical (unpaired) electrons. The van der Waals surface area contributed by atoms with Crippen LogP contribution in [-0.4, -0.2) is 52.1 Å². The first kappa shape index (κ1) is 20.6. The lowest BCUT2D eigenvalue weighted by molar-refractivity contribution is -0.309. The quantitative estimate of drug-likeness (QED) is 0.688. The lowest BCUT2D eigenvalue weighted by atomic mass is 9.33. The second-order valence-corrected chi connectivity index (χ2v) is 12.1. The minimum absolute atomic E-state index is 0.0729. The van der Waals surface area contributed by atoms with Gasteiger partial charge < -0.3 is 24.6 Å². The summed E-state index contributed by atoms with van der Waals surface area (Å²) in [5.74, 6) is 0.653. The zero-order valence-corrected chi connectivity index (χ0v) is 19.7. The number of likely N-dealkylation sites (tertiary alicyclic amines) is 1. The Morgan fingerprint density at radius 1 is 1.22 bits per heavy atom. The number of methoxy groups -OCH3 is 1. The fourth-order valence-electron chi connectivity index (χ4n) is 8.76. The van der Waals surface area contributed by atoms with E-state index in [-0.39, 0.29) is 40.1 Å². The van der Waals surface area contributed by atoms with E-state index in [0.29, 0.717) is 12.3 Å². The summed E-state index contributed by atoms with van der Waals surface area (Å²) in [4.78, 5) is 1.99. The van der Waals surface area contributed by atoms with Crippen LogP contribution in [0.2, 0.25) is 0 Å². The second-order valence-electron chi connectivity index (χ2n) is 12.1. The van der Waals surface area contributed by atoms with E-state index >= 15 is 0 Å². The van der Waals surface area contributed by atoms with Crippen molar-refractivity contribution in [3.8, 4) is 17.7 Å². The van der Waals surface area contributed by atoms with E-state index in [1.165, 1.54) is 5.56 Å². The number of ether oxygens (including phenoxy) is 2. The number of rotatable bonds is 2. The number of piperidine rings is 1. The largest absolute Gasteiger partial charge is 0.504 e. The number of nitrogens with zero attached hydrogens (tertiary/aromatic N) is 2. The zero-order valence-electron chi connectivity index (χ0n) is 19.7. The van der Waals surface area contributed by atoms with Crippen molar-refractivity contribution in [1.29, 1.82) is 5.26 Å². The Kier molecular flexibility index (Phi) is 3.70. The van der Waals surface area contributed by atoms with E-state index in [0.717, 1.165) is 37.7 Å². The molecule has 2 aliphatic heterocycles. The monoisotopic (exact) mass is 438 g/mol. The van der Waals surface area contributed by atoms with Crippen LogP contribution in [0.1, 0.15) is 64.5 Å². The number of aliphatic hydroxyl groups is 1. The van der Waals surface area contributed by atoms with Gasteiger partial charge in [0.05, 0.1) is 5.60 Å². The number of nitriles is 1. The van der Waals surface area contributed by atoms with Crippen molar-refractivity contribution in [2.45, 2.75) is 88.6 Å². The lowest BCUT2D eigenvalue weighted by Crippen LogP contribution is -2.83. The summed E-state index contributed by atoms with van der Waals surface area (Å²) in [6.07, 6.45) is 6.31.